The van der Waals surface area contributed by atoms with Crippen molar-refractivity contribution < 1.29 is 9.50 Å². The van der Waals surface area contributed by atoms with Crippen LogP contribution in [0.25, 0.3) is 11.1 Å². The lowest BCUT2D eigenvalue weighted by Crippen LogP contribution is -1.83. The van der Waals surface area contributed by atoms with Gasteiger partial charge < -0.3 is 5.11 Å². The van der Waals surface area contributed by atoms with E-state index in [1.807, 2.05) is 25.1 Å². The Labute approximate surface area is 98.1 Å². The van der Waals surface area contributed by atoms with Crippen LogP contribution in [0.15, 0.2) is 36.4 Å². The van der Waals surface area contributed by atoms with Gasteiger partial charge in [0.05, 0.1) is 0 Å². The Morgan fingerprint density at radius 3 is 2.50 bits per heavy atom. The van der Waals surface area contributed by atoms with E-state index in [-0.39, 0.29) is 5.75 Å². The molecule has 0 unspecified atom stereocenters. The van der Waals surface area contributed by atoms with Gasteiger partial charge in [0.15, 0.2) is 11.6 Å². The Hall–Kier alpha value is -1.54. The molecule has 1 N–H and O–H groups in total. The summed E-state index contributed by atoms with van der Waals surface area (Å²) in [5.74, 6) is -0.999. The fourth-order valence-electron chi connectivity index (χ4n) is 1.53. The Morgan fingerprint density at radius 2 is 1.88 bits per heavy atom. The molecule has 0 amide bonds. The first-order chi connectivity index (χ1) is 7.58. The molecule has 2 aromatic carbocycles. The van der Waals surface area contributed by atoms with Crippen LogP contribution >= 0.6 is 11.6 Å². The highest BCUT2D eigenvalue weighted by Crippen LogP contribution is 2.30. The zero-order valence-electron chi connectivity index (χ0n) is 8.67. The predicted octanol–water partition coefficient (Wildman–Crippen LogP) is 4.16. The number of rotatable bonds is 1. The summed E-state index contributed by atoms with van der Waals surface area (Å²) in [5, 5.41) is 9.67. The van der Waals surface area contributed by atoms with Crippen molar-refractivity contribution in [2.24, 2.45) is 0 Å². The van der Waals surface area contributed by atoms with Crippen molar-refractivity contribution in [3.63, 3.8) is 0 Å². The predicted molar refractivity (Wildman–Crippen MR) is 63.2 cm³/mol. The number of benzene rings is 2. The Bertz CT molecular complexity index is 537. The number of hydrogen-bond donors (Lipinski definition) is 1. The van der Waals surface area contributed by atoms with E-state index >= 15 is 0 Å². The van der Waals surface area contributed by atoms with Gasteiger partial charge in [-0.25, -0.2) is 4.39 Å². The van der Waals surface area contributed by atoms with Gasteiger partial charge in [-0.3, -0.25) is 0 Å². The van der Waals surface area contributed by atoms with Gasteiger partial charge in [0.2, 0.25) is 0 Å². The zero-order chi connectivity index (χ0) is 11.7. The molecule has 0 bridgehead atoms. The maximum atomic E-state index is 13.2. The molecular formula is C13H10ClFO. The van der Waals surface area contributed by atoms with E-state index in [1.165, 1.54) is 12.1 Å². The third-order valence-electron chi connectivity index (χ3n) is 2.38. The molecule has 2 aromatic rings. The first-order valence-corrected chi connectivity index (χ1v) is 5.21. The van der Waals surface area contributed by atoms with Crippen LogP contribution in [0.4, 0.5) is 4.39 Å². The van der Waals surface area contributed by atoms with Gasteiger partial charge in [0, 0.05) is 10.6 Å². The number of phenolic OH excluding ortho intramolecular Hbond substituents is 1. The number of phenols is 1. The molecule has 0 spiro atoms. The second-order valence-corrected chi connectivity index (χ2v) is 4.06. The van der Waals surface area contributed by atoms with Crippen molar-refractivity contribution in [1.29, 1.82) is 0 Å². The summed E-state index contributed by atoms with van der Waals surface area (Å²) < 4.78 is 13.2. The molecule has 0 aliphatic rings. The van der Waals surface area contributed by atoms with Crippen LogP contribution < -0.4 is 0 Å². The lowest BCUT2D eigenvalue weighted by Gasteiger charge is -2.06. The van der Waals surface area contributed by atoms with E-state index in [1.54, 1.807) is 6.07 Å². The topological polar surface area (TPSA) is 20.2 Å². The second kappa shape index (κ2) is 4.14. The Balaban J connectivity index is 2.54. The van der Waals surface area contributed by atoms with Crippen LogP contribution in [-0.2, 0) is 0 Å². The molecule has 0 fully saturated rings. The van der Waals surface area contributed by atoms with Crippen molar-refractivity contribution in [1.82, 2.24) is 0 Å². The molecule has 0 aromatic heterocycles. The quantitative estimate of drug-likeness (QED) is 0.788. The summed E-state index contributed by atoms with van der Waals surface area (Å²) in [6.45, 7) is 1.94. The lowest BCUT2D eigenvalue weighted by atomic mass is 10.0. The molecule has 0 saturated heterocycles. The number of aryl methyl sites for hydroxylation is 1. The molecule has 0 atom stereocenters. The molecule has 3 heteroatoms. The molecule has 0 saturated carbocycles. The molecule has 16 heavy (non-hydrogen) atoms. The minimum atomic E-state index is -0.644. The van der Waals surface area contributed by atoms with Crippen LogP contribution in [0.1, 0.15) is 5.56 Å². The average molecular weight is 237 g/mol. The minimum Gasteiger partial charge on any atom is -0.505 e. The van der Waals surface area contributed by atoms with E-state index in [0.29, 0.717) is 10.6 Å². The summed E-state index contributed by atoms with van der Waals surface area (Å²) in [6.07, 6.45) is 0. The minimum absolute atomic E-state index is 0.355. The molecule has 0 aliphatic heterocycles. The van der Waals surface area contributed by atoms with Crippen molar-refractivity contribution in [2.45, 2.75) is 6.92 Å². The van der Waals surface area contributed by atoms with Crippen molar-refractivity contribution >= 4 is 11.6 Å². The summed E-state index contributed by atoms with van der Waals surface area (Å²) in [4.78, 5) is 0. The van der Waals surface area contributed by atoms with Crippen molar-refractivity contribution in [3.8, 4) is 16.9 Å². The van der Waals surface area contributed by atoms with Gasteiger partial charge in [-0.05, 0) is 36.2 Å². The molecule has 2 rings (SSSR count). The van der Waals surface area contributed by atoms with Crippen LogP contribution in [-0.4, -0.2) is 5.11 Å². The van der Waals surface area contributed by atoms with E-state index in [4.69, 9.17) is 16.7 Å². The number of hydrogen-bond acceptors (Lipinski definition) is 1. The highest BCUT2D eigenvalue weighted by atomic mass is 35.5. The second-order valence-electron chi connectivity index (χ2n) is 3.65. The number of aromatic hydroxyl groups is 1. The summed E-state index contributed by atoms with van der Waals surface area (Å²) in [7, 11) is 0. The van der Waals surface area contributed by atoms with Gasteiger partial charge in [-0.15, -0.1) is 0 Å². The van der Waals surface area contributed by atoms with Crippen LogP contribution in [0.3, 0.4) is 0 Å². The van der Waals surface area contributed by atoms with Crippen LogP contribution in [0.2, 0.25) is 5.02 Å². The summed E-state index contributed by atoms with van der Waals surface area (Å²) in [6, 6.07) is 9.79. The summed E-state index contributed by atoms with van der Waals surface area (Å²) >= 11 is 6.07. The van der Waals surface area contributed by atoms with Crippen LogP contribution in [0.5, 0.6) is 5.75 Å². The first kappa shape index (κ1) is 11.0. The maximum Gasteiger partial charge on any atom is 0.165 e. The van der Waals surface area contributed by atoms with Gasteiger partial charge in [-0.2, -0.15) is 0 Å². The third kappa shape index (κ3) is 2.02. The maximum absolute atomic E-state index is 13.2. The highest BCUT2D eigenvalue weighted by Gasteiger charge is 2.07. The first-order valence-electron chi connectivity index (χ1n) is 4.83. The largest absolute Gasteiger partial charge is 0.505 e. The average Bonchev–Trinajstić information content (AvgIpc) is 2.22. The van der Waals surface area contributed by atoms with E-state index in [2.05, 4.69) is 0 Å². The van der Waals surface area contributed by atoms with E-state index in [9.17, 15) is 4.39 Å². The van der Waals surface area contributed by atoms with E-state index < -0.39 is 5.82 Å². The highest BCUT2D eigenvalue weighted by molar-refractivity contribution is 6.33. The molecule has 82 valence electrons. The van der Waals surface area contributed by atoms with Gasteiger partial charge >= 0.3 is 0 Å². The van der Waals surface area contributed by atoms with E-state index in [0.717, 1.165) is 11.1 Å². The van der Waals surface area contributed by atoms with Crippen LogP contribution in [0, 0.1) is 12.7 Å². The Morgan fingerprint density at radius 1 is 1.12 bits per heavy atom. The fourth-order valence-corrected chi connectivity index (χ4v) is 1.87. The molecular weight excluding hydrogens is 227 g/mol. The molecule has 0 radical (unpaired) electrons. The summed E-state index contributed by atoms with van der Waals surface area (Å²) in [5.41, 5.74) is 2.46. The van der Waals surface area contributed by atoms with Gasteiger partial charge in [0.1, 0.15) is 0 Å². The molecule has 0 heterocycles. The van der Waals surface area contributed by atoms with Gasteiger partial charge in [0.25, 0.3) is 0 Å². The Kier molecular flexibility index (Phi) is 2.84. The molecule has 1 nitrogen and oxygen atoms in total. The number of halogens is 2. The standard InChI is InChI=1S/C13H10ClFO/c1-8-2-4-10(11(14)6-8)9-3-5-13(16)12(15)7-9/h2-7,16H,1H3. The van der Waals surface area contributed by atoms with Crippen molar-refractivity contribution in [3.05, 3.63) is 52.8 Å². The lowest BCUT2D eigenvalue weighted by molar-refractivity contribution is 0.432. The van der Waals surface area contributed by atoms with Gasteiger partial charge in [-0.1, -0.05) is 29.8 Å². The third-order valence-corrected chi connectivity index (χ3v) is 2.70. The molecule has 0 aliphatic carbocycles. The smallest absolute Gasteiger partial charge is 0.165 e. The van der Waals surface area contributed by atoms with Crippen molar-refractivity contribution in [2.75, 3.05) is 0 Å². The SMILES string of the molecule is Cc1ccc(-c2ccc(O)c(F)c2)c(Cl)c1. The monoisotopic (exact) mass is 236 g/mol. The fraction of sp³-hybridized carbons (Fsp3) is 0.0769. The normalized spacial score (nSPS) is 10.4. The zero-order valence-corrected chi connectivity index (χ0v) is 9.42.